The lowest BCUT2D eigenvalue weighted by Crippen LogP contribution is -2.06. The highest BCUT2D eigenvalue weighted by Gasteiger charge is 2.08. The Balaban J connectivity index is 2.22. The summed E-state index contributed by atoms with van der Waals surface area (Å²) < 4.78 is 13.2. The summed E-state index contributed by atoms with van der Waals surface area (Å²) in [6.07, 6.45) is 0. The smallest absolute Gasteiger partial charge is 0.269 e. The van der Waals surface area contributed by atoms with Crippen LogP contribution in [0.4, 0.5) is 10.1 Å². The molecule has 0 bridgehead atoms. The topological polar surface area (TPSA) is 55.2 Å². The minimum absolute atomic E-state index is 0.0592. The quantitative estimate of drug-likeness (QED) is 0.675. The van der Waals surface area contributed by atoms with Gasteiger partial charge >= 0.3 is 0 Å². The number of nitro groups is 1. The lowest BCUT2D eigenvalue weighted by Gasteiger charge is -2.09. The molecule has 0 aliphatic rings. The molecule has 0 heterocycles. The Kier molecular flexibility index (Phi) is 4.70. The van der Waals surface area contributed by atoms with Gasteiger partial charge < -0.3 is 5.32 Å². The van der Waals surface area contributed by atoms with Crippen molar-refractivity contribution in [2.24, 2.45) is 0 Å². The van der Waals surface area contributed by atoms with Gasteiger partial charge in [0, 0.05) is 28.5 Å². The van der Waals surface area contributed by atoms with E-state index in [-0.39, 0.29) is 11.5 Å². The van der Waals surface area contributed by atoms with Crippen molar-refractivity contribution >= 4 is 17.4 Å². The van der Waals surface area contributed by atoms with E-state index in [1.54, 1.807) is 25.2 Å². The van der Waals surface area contributed by atoms with E-state index in [9.17, 15) is 14.5 Å². The van der Waals surface area contributed by atoms with E-state index in [1.165, 1.54) is 36.0 Å². The number of hydrogen-bond donors (Lipinski definition) is 1. The fourth-order valence-electron chi connectivity index (χ4n) is 1.74. The molecule has 0 radical (unpaired) electrons. The van der Waals surface area contributed by atoms with E-state index in [0.717, 1.165) is 15.4 Å². The Morgan fingerprint density at radius 1 is 1.25 bits per heavy atom. The first kappa shape index (κ1) is 14.5. The van der Waals surface area contributed by atoms with Crippen LogP contribution in [0.5, 0.6) is 0 Å². The van der Waals surface area contributed by atoms with Gasteiger partial charge in [-0.1, -0.05) is 11.8 Å². The highest BCUT2D eigenvalue weighted by atomic mass is 32.2. The van der Waals surface area contributed by atoms with Crippen molar-refractivity contribution in [2.75, 3.05) is 7.05 Å². The van der Waals surface area contributed by atoms with Crippen LogP contribution in [-0.4, -0.2) is 12.0 Å². The molecule has 104 valence electrons. The van der Waals surface area contributed by atoms with Gasteiger partial charge in [-0.2, -0.15) is 0 Å². The Hall–Kier alpha value is -1.92. The standard InChI is InChI=1S/C14H13FN2O2S/c1-16-9-10-8-11(15)2-7-14(10)20-13-5-3-12(4-6-13)17(18)19/h2-8,16H,9H2,1H3. The van der Waals surface area contributed by atoms with Gasteiger partial charge in [-0.15, -0.1) is 0 Å². The summed E-state index contributed by atoms with van der Waals surface area (Å²) in [5.74, 6) is -0.275. The van der Waals surface area contributed by atoms with Crippen LogP contribution < -0.4 is 5.32 Å². The summed E-state index contributed by atoms with van der Waals surface area (Å²) in [6.45, 7) is 0.563. The molecule has 0 fully saturated rings. The second kappa shape index (κ2) is 6.49. The molecule has 1 N–H and O–H groups in total. The van der Waals surface area contributed by atoms with E-state index in [4.69, 9.17) is 0 Å². The normalized spacial score (nSPS) is 10.5. The number of rotatable bonds is 5. The van der Waals surface area contributed by atoms with Gasteiger partial charge in [0.25, 0.3) is 5.69 Å². The van der Waals surface area contributed by atoms with Crippen LogP contribution in [-0.2, 0) is 6.54 Å². The summed E-state index contributed by atoms with van der Waals surface area (Å²) in [6, 6.07) is 10.9. The Labute approximate surface area is 120 Å². The predicted molar refractivity (Wildman–Crippen MR) is 76.4 cm³/mol. The fourth-order valence-corrected chi connectivity index (χ4v) is 2.66. The van der Waals surface area contributed by atoms with E-state index in [2.05, 4.69) is 5.32 Å². The number of non-ortho nitro benzene ring substituents is 1. The summed E-state index contributed by atoms with van der Waals surface area (Å²) in [5, 5.41) is 13.6. The SMILES string of the molecule is CNCc1cc(F)ccc1Sc1ccc([N+](=O)[O-])cc1. The summed E-state index contributed by atoms with van der Waals surface area (Å²) in [7, 11) is 1.80. The van der Waals surface area contributed by atoms with Crippen molar-refractivity contribution in [3.8, 4) is 0 Å². The number of hydrogen-bond acceptors (Lipinski definition) is 4. The third-order valence-electron chi connectivity index (χ3n) is 2.67. The zero-order valence-electron chi connectivity index (χ0n) is 10.8. The van der Waals surface area contributed by atoms with Gasteiger partial charge in [0.1, 0.15) is 5.82 Å². The van der Waals surface area contributed by atoms with Gasteiger partial charge in [-0.25, -0.2) is 4.39 Å². The Morgan fingerprint density at radius 2 is 1.95 bits per heavy atom. The zero-order valence-corrected chi connectivity index (χ0v) is 11.6. The molecule has 6 heteroatoms. The number of benzene rings is 2. The lowest BCUT2D eigenvalue weighted by molar-refractivity contribution is -0.384. The maximum absolute atomic E-state index is 13.2. The van der Waals surface area contributed by atoms with Gasteiger partial charge in [0.05, 0.1) is 4.92 Å². The average molecular weight is 292 g/mol. The minimum Gasteiger partial charge on any atom is -0.316 e. The van der Waals surface area contributed by atoms with Crippen LogP contribution in [0, 0.1) is 15.9 Å². The molecule has 2 aromatic carbocycles. The second-order valence-corrected chi connectivity index (χ2v) is 5.25. The molecule has 0 saturated carbocycles. The van der Waals surface area contributed by atoms with Crippen LogP contribution in [0.15, 0.2) is 52.3 Å². The van der Waals surface area contributed by atoms with Crippen LogP contribution in [0.25, 0.3) is 0 Å². The molecule has 0 aromatic heterocycles. The van der Waals surface area contributed by atoms with Crippen molar-refractivity contribution in [1.29, 1.82) is 0 Å². The third-order valence-corrected chi connectivity index (χ3v) is 3.79. The summed E-state index contributed by atoms with van der Waals surface area (Å²) in [5.41, 5.74) is 0.916. The summed E-state index contributed by atoms with van der Waals surface area (Å²) in [4.78, 5) is 12.0. The van der Waals surface area contributed by atoms with Gasteiger partial charge in [-0.3, -0.25) is 10.1 Å². The Morgan fingerprint density at radius 3 is 2.55 bits per heavy atom. The Bertz CT molecular complexity index is 617. The van der Waals surface area contributed by atoms with Crippen LogP contribution in [0.1, 0.15) is 5.56 Å². The molecule has 0 aliphatic heterocycles. The predicted octanol–water partition coefficient (Wildman–Crippen LogP) is 3.60. The number of halogens is 1. The van der Waals surface area contributed by atoms with Crippen molar-refractivity contribution in [1.82, 2.24) is 5.32 Å². The first-order valence-corrected chi connectivity index (χ1v) is 6.77. The minimum atomic E-state index is -0.432. The molecule has 0 unspecified atom stereocenters. The molecule has 0 aliphatic carbocycles. The van der Waals surface area contributed by atoms with E-state index < -0.39 is 4.92 Å². The van der Waals surface area contributed by atoms with Crippen molar-refractivity contribution in [2.45, 2.75) is 16.3 Å². The van der Waals surface area contributed by atoms with Gasteiger partial charge in [0.15, 0.2) is 0 Å². The van der Waals surface area contributed by atoms with Crippen molar-refractivity contribution in [3.63, 3.8) is 0 Å². The largest absolute Gasteiger partial charge is 0.316 e. The highest BCUT2D eigenvalue weighted by Crippen LogP contribution is 2.31. The first-order chi connectivity index (χ1) is 9.60. The first-order valence-electron chi connectivity index (χ1n) is 5.95. The fraction of sp³-hybridized carbons (Fsp3) is 0.143. The van der Waals surface area contributed by atoms with Crippen molar-refractivity contribution < 1.29 is 9.31 Å². The average Bonchev–Trinajstić information content (AvgIpc) is 2.43. The molecular formula is C14H13FN2O2S. The summed E-state index contributed by atoms with van der Waals surface area (Å²) >= 11 is 1.45. The molecule has 0 spiro atoms. The zero-order chi connectivity index (χ0) is 14.5. The monoisotopic (exact) mass is 292 g/mol. The molecule has 2 aromatic rings. The van der Waals surface area contributed by atoms with Crippen LogP contribution in [0.2, 0.25) is 0 Å². The van der Waals surface area contributed by atoms with Gasteiger partial charge in [0.2, 0.25) is 0 Å². The van der Waals surface area contributed by atoms with E-state index in [0.29, 0.717) is 6.54 Å². The maximum Gasteiger partial charge on any atom is 0.269 e. The van der Waals surface area contributed by atoms with Gasteiger partial charge in [-0.05, 0) is 42.9 Å². The van der Waals surface area contributed by atoms with Crippen LogP contribution in [0.3, 0.4) is 0 Å². The highest BCUT2D eigenvalue weighted by molar-refractivity contribution is 7.99. The lowest BCUT2D eigenvalue weighted by atomic mass is 10.2. The van der Waals surface area contributed by atoms with Crippen LogP contribution >= 0.6 is 11.8 Å². The van der Waals surface area contributed by atoms with Crippen molar-refractivity contribution in [3.05, 3.63) is 64.0 Å². The molecule has 20 heavy (non-hydrogen) atoms. The third kappa shape index (κ3) is 3.55. The molecular weight excluding hydrogens is 279 g/mol. The van der Waals surface area contributed by atoms with E-state index >= 15 is 0 Å². The molecule has 0 saturated heterocycles. The second-order valence-electron chi connectivity index (χ2n) is 4.14. The maximum atomic E-state index is 13.2. The molecule has 0 amide bonds. The number of nitrogens with one attached hydrogen (secondary N) is 1. The molecule has 0 atom stereocenters. The van der Waals surface area contributed by atoms with E-state index in [1.807, 2.05) is 0 Å². The number of nitrogens with zero attached hydrogens (tertiary/aromatic N) is 1. The molecule has 2 rings (SSSR count). The molecule has 4 nitrogen and oxygen atoms in total. The number of nitro benzene ring substituents is 1.